The van der Waals surface area contributed by atoms with Crippen LogP contribution in [0.4, 0.5) is 4.39 Å². The fourth-order valence-corrected chi connectivity index (χ4v) is 3.55. The van der Waals surface area contributed by atoms with Gasteiger partial charge in [-0.2, -0.15) is 0 Å². The van der Waals surface area contributed by atoms with Gasteiger partial charge in [-0.05, 0) is 0 Å². The Morgan fingerprint density at radius 1 is 1.26 bits per heavy atom. The molecule has 0 heterocycles. The van der Waals surface area contributed by atoms with Gasteiger partial charge >= 0.3 is 139 Å². The number of hydrogen-bond acceptors (Lipinski definition) is 4. The van der Waals surface area contributed by atoms with Gasteiger partial charge in [-0.25, -0.2) is 0 Å². The normalized spacial score (nSPS) is 10.5. The first-order chi connectivity index (χ1) is 10.8. The predicted octanol–water partition coefficient (Wildman–Crippen LogP) is 0.654. The molecule has 0 aliphatic heterocycles. The number of hydrogen-bond donors (Lipinski definition) is 2. The number of rotatable bonds is 5. The molecule has 0 bridgehead atoms. The van der Waals surface area contributed by atoms with E-state index in [-0.39, 0.29) is 51.2 Å². The molecule has 2 aromatic carbocycles. The van der Waals surface area contributed by atoms with Gasteiger partial charge in [0.25, 0.3) is 0 Å². The number of carboxylic acid groups (broad SMARTS) is 1. The minimum atomic E-state index is -1.31. The summed E-state index contributed by atoms with van der Waals surface area (Å²) < 4.78 is 18.5. The molecule has 7 heteroatoms. The van der Waals surface area contributed by atoms with E-state index in [1.807, 2.05) is 0 Å². The van der Waals surface area contributed by atoms with Crippen LogP contribution in [0.15, 0.2) is 30.3 Å². The van der Waals surface area contributed by atoms with Crippen LogP contribution in [0.3, 0.4) is 0 Å². The van der Waals surface area contributed by atoms with Crippen molar-refractivity contribution in [2.45, 2.75) is 6.42 Å². The molecule has 0 aliphatic carbocycles. The third-order valence-electron chi connectivity index (χ3n) is 3.54. The van der Waals surface area contributed by atoms with Crippen molar-refractivity contribution in [2.24, 2.45) is 0 Å². The van der Waals surface area contributed by atoms with Crippen molar-refractivity contribution in [3.05, 3.63) is 52.8 Å². The Bertz CT molecular complexity index is 771. The maximum atomic E-state index is 12.9. The van der Waals surface area contributed by atoms with E-state index in [2.05, 4.69) is 0 Å². The van der Waals surface area contributed by atoms with Gasteiger partial charge in [0.2, 0.25) is 0 Å². The van der Waals surface area contributed by atoms with Crippen molar-refractivity contribution in [2.75, 3.05) is 7.11 Å². The van der Waals surface area contributed by atoms with Gasteiger partial charge in [-0.1, -0.05) is 0 Å². The summed E-state index contributed by atoms with van der Waals surface area (Å²) in [5.41, 5.74) is 0.137. The molecule has 2 rings (SSSR count). The topological polar surface area (TPSA) is 83.8 Å². The first-order valence-corrected chi connectivity index (χ1v) is 8.86. The molecule has 0 atom stereocenters. The van der Waals surface area contributed by atoms with E-state index in [0.717, 1.165) is 12.1 Å². The molecule has 0 spiro atoms. The summed E-state index contributed by atoms with van der Waals surface area (Å²) in [6.45, 7) is 0. The Balaban J connectivity index is 2.45. The first-order valence-electron chi connectivity index (χ1n) is 6.76. The summed E-state index contributed by atoms with van der Waals surface area (Å²) in [5.74, 6) is -2.13. The number of Topliss-reactive ketones (excluding diaryl/α,β-unsaturated/α-hetero) is 1. The molecule has 2 aromatic rings. The molecule has 0 saturated heterocycles. The Kier molecular flexibility index (Phi) is 5.05. The summed E-state index contributed by atoms with van der Waals surface area (Å²) in [6, 6.07) is 6.45. The number of ether oxygens (including phenoxy) is 1. The Morgan fingerprint density at radius 3 is 2.39 bits per heavy atom. The van der Waals surface area contributed by atoms with E-state index in [0.29, 0.717) is 10.1 Å². The molecule has 0 saturated carbocycles. The van der Waals surface area contributed by atoms with Crippen LogP contribution in [0.1, 0.15) is 26.3 Å². The average Bonchev–Trinajstić information content (AvgIpc) is 2.50. The van der Waals surface area contributed by atoms with Crippen molar-refractivity contribution >= 4 is 32.7 Å². The number of phenols is 1. The van der Waals surface area contributed by atoms with Gasteiger partial charge in [-0.3, -0.25) is 0 Å². The van der Waals surface area contributed by atoms with Crippen LogP contribution in [0.5, 0.6) is 11.5 Å². The zero-order valence-corrected chi connectivity index (χ0v) is 16.8. The number of methoxy groups -OCH3 is 1. The van der Waals surface area contributed by atoms with Crippen molar-refractivity contribution in [3.63, 3.8) is 0 Å². The molecular weight excluding hydrogens is 364 g/mol. The monoisotopic (exact) mass is 380 g/mol. The second-order valence-electron chi connectivity index (χ2n) is 5.00. The van der Waals surface area contributed by atoms with Gasteiger partial charge in [-0.15, -0.1) is 0 Å². The van der Waals surface area contributed by atoms with E-state index < -0.39 is 11.8 Å². The molecular formula is C16H15FGeO5. The number of benzene rings is 2. The number of aromatic hydroxyl groups is 1. The molecule has 0 unspecified atom stereocenters. The van der Waals surface area contributed by atoms with Gasteiger partial charge in [0.05, 0.1) is 0 Å². The number of halogens is 1. The molecule has 0 fully saturated rings. The van der Waals surface area contributed by atoms with Gasteiger partial charge in [0.1, 0.15) is 0 Å². The Labute approximate surface area is 139 Å². The summed E-state index contributed by atoms with van der Waals surface area (Å²) in [7, 11) is 1.41. The molecule has 0 amide bonds. The first kappa shape index (κ1) is 17.0. The summed E-state index contributed by atoms with van der Waals surface area (Å²) in [5, 5.41) is 19.4. The third kappa shape index (κ3) is 3.53. The van der Waals surface area contributed by atoms with Crippen molar-refractivity contribution < 1.29 is 28.9 Å². The summed E-state index contributed by atoms with van der Waals surface area (Å²) in [4.78, 5) is 23.7. The van der Waals surface area contributed by atoms with E-state index in [1.54, 1.807) is 0 Å². The maximum absolute atomic E-state index is 12.9. The third-order valence-corrected chi connectivity index (χ3v) is 5.57. The summed E-state index contributed by atoms with van der Waals surface area (Å²) >= 11 is -0.00781. The van der Waals surface area contributed by atoms with E-state index in [1.165, 1.54) is 25.3 Å². The van der Waals surface area contributed by atoms with Crippen LogP contribution in [-0.2, 0) is 6.42 Å². The quantitative estimate of drug-likeness (QED) is 0.589. The fraction of sp³-hybridized carbons (Fsp3) is 0.125. The van der Waals surface area contributed by atoms with Crippen LogP contribution < -0.4 is 9.13 Å². The zero-order valence-electron chi connectivity index (χ0n) is 12.6. The van der Waals surface area contributed by atoms with Crippen LogP contribution in [-0.4, -0.2) is 45.6 Å². The van der Waals surface area contributed by atoms with E-state index >= 15 is 0 Å². The minimum absolute atomic E-state index is 0.00781. The van der Waals surface area contributed by atoms with Crippen LogP contribution in [0.25, 0.3) is 0 Å². The molecule has 0 radical (unpaired) electrons. The van der Waals surface area contributed by atoms with Crippen molar-refractivity contribution in [3.8, 4) is 11.5 Å². The SMILES string of the molecule is COc1cc(CC(=O)c2ccc(F)cc2)c(C(=O)O)c(O)[c]1[GeH3]. The van der Waals surface area contributed by atoms with E-state index in [9.17, 15) is 24.2 Å². The molecule has 120 valence electrons. The molecule has 0 aliphatic rings. The summed E-state index contributed by atoms with van der Waals surface area (Å²) in [6.07, 6.45) is -0.232. The van der Waals surface area contributed by atoms with Gasteiger partial charge in [0.15, 0.2) is 0 Å². The number of carbonyl (C=O) groups excluding carboxylic acids is 1. The molecule has 5 nitrogen and oxygen atoms in total. The van der Waals surface area contributed by atoms with Crippen molar-refractivity contribution in [1.29, 1.82) is 0 Å². The fourth-order valence-electron chi connectivity index (χ4n) is 2.30. The second-order valence-corrected chi connectivity index (χ2v) is 7.10. The Hall–Kier alpha value is -2.35. The van der Waals surface area contributed by atoms with Gasteiger partial charge < -0.3 is 0 Å². The number of carbonyl (C=O) groups is 2. The van der Waals surface area contributed by atoms with Crippen molar-refractivity contribution in [1.82, 2.24) is 0 Å². The van der Waals surface area contributed by atoms with Gasteiger partial charge in [0, 0.05) is 0 Å². The predicted molar refractivity (Wildman–Crippen MR) is 85.6 cm³/mol. The number of aromatic carboxylic acids is 1. The standard InChI is InChI=1S/C16H15FGeO5/c1-23-12-7-9(13(16(21)22)15(20)14(12)18)6-11(19)8-2-4-10(17)5-3-8/h2-5,7,20H,6H2,1,18H3,(H,21,22). The van der Waals surface area contributed by atoms with Crippen LogP contribution in [0, 0.1) is 5.82 Å². The van der Waals surface area contributed by atoms with Crippen LogP contribution >= 0.6 is 0 Å². The molecule has 23 heavy (non-hydrogen) atoms. The zero-order chi connectivity index (χ0) is 17.1. The number of ketones is 1. The molecule has 2 N–H and O–H groups in total. The number of carboxylic acids is 1. The average molecular weight is 379 g/mol. The van der Waals surface area contributed by atoms with Crippen LogP contribution in [0.2, 0.25) is 0 Å². The van der Waals surface area contributed by atoms with E-state index in [4.69, 9.17) is 4.74 Å². The molecule has 0 aromatic heterocycles. The second kappa shape index (κ2) is 6.82. The Morgan fingerprint density at radius 2 is 1.87 bits per heavy atom.